The van der Waals surface area contributed by atoms with Crippen LogP contribution < -0.4 is 0 Å². The molecule has 19 heteroatoms. The zero-order valence-corrected chi connectivity index (χ0v) is 66.6. The van der Waals surface area contributed by atoms with E-state index in [9.17, 15) is 43.2 Å². The Bertz CT molecular complexity index is 1910. The minimum atomic E-state index is -4.96. The molecular formula is C80H156O17P2. The minimum absolute atomic E-state index is 0.106. The lowest BCUT2D eigenvalue weighted by Crippen LogP contribution is -2.30. The molecule has 0 aromatic carbocycles. The number of aliphatic hydroxyl groups is 1. The predicted molar refractivity (Wildman–Crippen MR) is 405 cm³/mol. The third-order valence-electron chi connectivity index (χ3n) is 19.1. The van der Waals surface area contributed by atoms with Crippen LogP contribution in [0.25, 0.3) is 0 Å². The summed E-state index contributed by atoms with van der Waals surface area (Å²) >= 11 is 0. The lowest BCUT2D eigenvalue weighted by Gasteiger charge is -2.21. The van der Waals surface area contributed by atoms with Crippen molar-refractivity contribution in [3.8, 4) is 0 Å². The molecule has 17 nitrogen and oxygen atoms in total. The van der Waals surface area contributed by atoms with Crippen molar-refractivity contribution < 1.29 is 80.2 Å². The van der Waals surface area contributed by atoms with Gasteiger partial charge >= 0.3 is 39.5 Å². The van der Waals surface area contributed by atoms with Crippen molar-refractivity contribution in [1.82, 2.24) is 0 Å². The number of carbonyl (C=O) groups excluding carboxylic acids is 4. The van der Waals surface area contributed by atoms with E-state index in [1.165, 1.54) is 231 Å². The largest absolute Gasteiger partial charge is 0.472 e. The molecule has 0 aromatic rings. The van der Waals surface area contributed by atoms with Crippen LogP contribution in [-0.2, 0) is 65.4 Å². The fourth-order valence-electron chi connectivity index (χ4n) is 12.3. The number of unbranched alkanes of at least 4 members (excludes halogenated alkanes) is 48. The highest BCUT2D eigenvalue weighted by molar-refractivity contribution is 7.47. The molecule has 99 heavy (non-hydrogen) atoms. The number of ether oxygens (including phenoxy) is 4. The molecule has 0 bridgehead atoms. The van der Waals surface area contributed by atoms with Crippen LogP contribution in [0.1, 0.15) is 420 Å². The average Bonchev–Trinajstić information content (AvgIpc) is 0.968. The number of hydrogen-bond acceptors (Lipinski definition) is 15. The molecule has 0 saturated carbocycles. The second-order valence-electron chi connectivity index (χ2n) is 29.5. The zero-order chi connectivity index (χ0) is 72.8. The second-order valence-corrected chi connectivity index (χ2v) is 32.4. The van der Waals surface area contributed by atoms with E-state index in [1.54, 1.807) is 0 Å². The van der Waals surface area contributed by atoms with Crippen LogP contribution in [0, 0.1) is 11.8 Å². The molecule has 0 amide bonds. The number of carbonyl (C=O) groups is 4. The van der Waals surface area contributed by atoms with E-state index in [0.717, 1.165) is 108 Å². The van der Waals surface area contributed by atoms with Gasteiger partial charge in [0.1, 0.15) is 19.3 Å². The van der Waals surface area contributed by atoms with E-state index in [-0.39, 0.29) is 25.7 Å². The SMILES string of the molecule is CCCCCCCCCCCCCCCCCCCCCCCCC(=O)O[C@H](COC(=O)CCCCCCCCCCCCCCCC(C)C)COP(=O)(O)OC[C@@H](O)COP(=O)(O)OC[C@@H](COC(=O)CCCCCCCCC(C)CC)OC(=O)CCCCCCCCCCCCC. The molecule has 0 radical (unpaired) electrons. The van der Waals surface area contributed by atoms with E-state index in [2.05, 4.69) is 41.5 Å². The van der Waals surface area contributed by atoms with Crippen LogP contribution in [0.3, 0.4) is 0 Å². The molecule has 0 aliphatic carbocycles. The van der Waals surface area contributed by atoms with E-state index in [4.69, 9.17) is 37.0 Å². The summed E-state index contributed by atoms with van der Waals surface area (Å²) in [5.74, 6) is -0.590. The molecular weight excluding hydrogens is 1290 g/mol. The van der Waals surface area contributed by atoms with Gasteiger partial charge in [-0.1, -0.05) is 369 Å². The topological polar surface area (TPSA) is 237 Å². The smallest absolute Gasteiger partial charge is 0.462 e. The van der Waals surface area contributed by atoms with E-state index in [0.29, 0.717) is 25.7 Å². The fourth-order valence-corrected chi connectivity index (χ4v) is 13.9. The third-order valence-corrected chi connectivity index (χ3v) is 21.0. The third kappa shape index (κ3) is 72.8. The van der Waals surface area contributed by atoms with Crippen LogP contribution in [0.2, 0.25) is 0 Å². The summed E-state index contributed by atoms with van der Waals surface area (Å²) in [5.41, 5.74) is 0. The highest BCUT2D eigenvalue weighted by Crippen LogP contribution is 2.45. The second kappa shape index (κ2) is 71.7. The molecule has 588 valence electrons. The maximum atomic E-state index is 13.1. The van der Waals surface area contributed by atoms with Gasteiger partial charge < -0.3 is 33.8 Å². The fraction of sp³-hybridized carbons (Fsp3) is 0.950. The first-order chi connectivity index (χ1) is 47.9. The Morgan fingerprint density at radius 2 is 0.515 bits per heavy atom. The number of phosphoric acid groups is 2. The monoisotopic (exact) mass is 1450 g/mol. The molecule has 3 N–H and O–H groups in total. The van der Waals surface area contributed by atoms with Crippen LogP contribution in [-0.4, -0.2) is 96.7 Å². The van der Waals surface area contributed by atoms with E-state index in [1.807, 2.05) is 0 Å². The Morgan fingerprint density at radius 1 is 0.293 bits per heavy atom. The number of esters is 4. The quantitative estimate of drug-likeness (QED) is 0.0222. The summed E-state index contributed by atoms with van der Waals surface area (Å²) in [4.78, 5) is 72.9. The van der Waals surface area contributed by atoms with Crippen LogP contribution >= 0.6 is 15.6 Å². The van der Waals surface area contributed by atoms with Gasteiger partial charge in [-0.2, -0.15) is 0 Å². The first-order valence-corrected chi connectivity index (χ1v) is 44.5. The Labute approximate surface area is 607 Å². The van der Waals surface area contributed by atoms with Crippen LogP contribution in [0.4, 0.5) is 0 Å². The first-order valence-electron chi connectivity index (χ1n) is 41.5. The highest BCUT2D eigenvalue weighted by atomic mass is 31.2. The van der Waals surface area contributed by atoms with Crippen molar-refractivity contribution in [2.24, 2.45) is 11.8 Å². The maximum absolute atomic E-state index is 13.1. The Kier molecular flexibility index (Phi) is 70.3. The van der Waals surface area contributed by atoms with Gasteiger partial charge in [-0.15, -0.1) is 0 Å². The Balaban J connectivity index is 5.20. The van der Waals surface area contributed by atoms with Gasteiger partial charge in [0.2, 0.25) is 0 Å². The van der Waals surface area contributed by atoms with Crippen molar-refractivity contribution in [2.45, 2.75) is 439 Å². The Morgan fingerprint density at radius 3 is 0.768 bits per heavy atom. The molecule has 0 heterocycles. The van der Waals surface area contributed by atoms with Gasteiger partial charge in [-0.25, -0.2) is 9.13 Å². The normalized spacial score (nSPS) is 14.2. The van der Waals surface area contributed by atoms with Crippen LogP contribution in [0.5, 0.6) is 0 Å². The van der Waals surface area contributed by atoms with Crippen molar-refractivity contribution >= 4 is 39.5 Å². The van der Waals surface area contributed by atoms with Gasteiger partial charge in [0.25, 0.3) is 0 Å². The molecule has 0 rings (SSSR count). The molecule has 0 saturated heterocycles. The lowest BCUT2D eigenvalue weighted by atomic mass is 10.00. The minimum Gasteiger partial charge on any atom is -0.462 e. The molecule has 0 aromatic heterocycles. The van der Waals surface area contributed by atoms with Gasteiger partial charge in [0.05, 0.1) is 26.4 Å². The summed E-state index contributed by atoms with van der Waals surface area (Å²) in [6.07, 6.45) is 61.2. The average molecular weight is 1450 g/mol. The molecule has 0 aliphatic heterocycles. The summed E-state index contributed by atoms with van der Waals surface area (Å²) in [6, 6.07) is 0. The van der Waals surface area contributed by atoms with Gasteiger partial charge in [-0.3, -0.25) is 37.3 Å². The molecule has 6 atom stereocenters. The summed E-state index contributed by atoms with van der Waals surface area (Å²) < 4.78 is 68.6. The van der Waals surface area contributed by atoms with Gasteiger partial charge in [0.15, 0.2) is 12.2 Å². The maximum Gasteiger partial charge on any atom is 0.472 e. The summed E-state index contributed by atoms with van der Waals surface area (Å²) in [5, 5.41) is 10.6. The van der Waals surface area contributed by atoms with Gasteiger partial charge in [-0.05, 0) is 37.5 Å². The first kappa shape index (κ1) is 97.1. The van der Waals surface area contributed by atoms with Gasteiger partial charge in [0, 0.05) is 25.7 Å². The number of aliphatic hydroxyl groups excluding tert-OH is 1. The highest BCUT2D eigenvalue weighted by Gasteiger charge is 2.30. The number of phosphoric ester groups is 2. The van der Waals surface area contributed by atoms with E-state index >= 15 is 0 Å². The van der Waals surface area contributed by atoms with Crippen molar-refractivity contribution in [2.75, 3.05) is 39.6 Å². The predicted octanol–water partition coefficient (Wildman–Crippen LogP) is 23.9. The molecule has 0 aliphatic rings. The number of rotatable bonds is 79. The van der Waals surface area contributed by atoms with Crippen LogP contribution in [0.15, 0.2) is 0 Å². The summed E-state index contributed by atoms with van der Waals surface area (Å²) in [7, 11) is -9.91. The number of hydrogen-bond donors (Lipinski definition) is 3. The van der Waals surface area contributed by atoms with Crippen molar-refractivity contribution in [1.29, 1.82) is 0 Å². The standard InChI is InChI=1S/C80H156O17P2/c1-7-10-12-14-16-18-20-21-22-23-24-25-26-27-28-29-32-37-41-45-53-59-65-80(85)96-75(68-90-77(82)62-56-50-43-39-36-33-30-31-35-38-42-48-54-60-72(4)5)70-94-98(86,87)92-66-74(81)67-93-99(88,89)95-71-76(69-91-78(83)63-57-51-47-46-49-55-61-73(6)9-3)97-79(84)64-58-52-44-40-34-19-17-15-13-11-8-2/h72-76,81H,7-71H2,1-6H3,(H,86,87)(H,88,89)/t73?,74-,75-,76-/m1/s1. The van der Waals surface area contributed by atoms with Crippen molar-refractivity contribution in [3.05, 3.63) is 0 Å². The van der Waals surface area contributed by atoms with E-state index < -0.39 is 97.5 Å². The molecule has 0 spiro atoms. The van der Waals surface area contributed by atoms with Crippen molar-refractivity contribution in [3.63, 3.8) is 0 Å². The Hall–Kier alpha value is -1.94. The lowest BCUT2D eigenvalue weighted by molar-refractivity contribution is -0.161. The molecule has 3 unspecified atom stereocenters. The summed E-state index contributed by atoms with van der Waals surface area (Å²) in [6.45, 7) is 9.59. The zero-order valence-electron chi connectivity index (χ0n) is 64.8. The molecule has 0 fully saturated rings.